The summed E-state index contributed by atoms with van der Waals surface area (Å²) in [5, 5.41) is 10.4. The van der Waals surface area contributed by atoms with Gasteiger partial charge >= 0.3 is 6.09 Å². The van der Waals surface area contributed by atoms with E-state index in [0.29, 0.717) is 31.0 Å². The van der Waals surface area contributed by atoms with Gasteiger partial charge in [-0.15, -0.1) is 0 Å². The van der Waals surface area contributed by atoms with Crippen molar-refractivity contribution in [2.24, 2.45) is 0 Å². The van der Waals surface area contributed by atoms with Crippen molar-refractivity contribution >= 4 is 6.09 Å². The van der Waals surface area contributed by atoms with Crippen LogP contribution >= 0.6 is 0 Å². The van der Waals surface area contributed by atoms with E-state index in [1.54, 1.807) is 24.1 Å². The Morgan fingerprint density at radius 3 is 2.70 bits per heavy atom. The summed E-state index contributed by atoms with van der Waals surface area (Å²) < 4.78 is 16.7. The minimum atomic E-state index is -0.606. The van der Waals surface area contributed by atoms with E-state index in [1.165, 1.54) is 0 Å². The molecule has 1 saturated heterocycles. The molecular formula is C17H23NO5. The maximum absolute atomic E-state index is 12.1. The van der Waals surface area contributed by atoms with Gasteiger partial charge in [0.1, 0.15) is 22.7 Å². The van der Waals surface area contributed by atoms with E-state index < -0.39 is 17.3 Å². The maximum atomic E-state index is 12.1. The molecule has 1 fully saturated rings. The molecule has 2 aliphatic rings. The molecule has 3 rings (SSSR count). The molecule has 2 aliphatic heterocycles. The molecule has 0 unspecified atom stereocenters. The van der Waals surface area contributed by atoms with Crippen molar-refractivity contribution in [1.82, 2.24) is 4.90 Å². The van der Waals surface area contributed by atoms with Crippen molar-refractivity contribution in [2.45, 2.75) is 44.5 Å². The molecule has 0 aromatic heterocycles. The molecule has 1 N–H and O–H groups in total. The van der Waals surface area contributed by atoms with Gasteiger partial charge in [0, 0.05) is 18.1 Å². The fraction of sp³-hybridized carbons (Fsp3) is 0.588. The fourth-order valence-corrected chi connectivity index (χ4v) is 3.04. The number of ether oxygens (including phenoxy) is 3. The largest absolute Gasteiger partial charge is 0.497 e. The Bertz CT molecular complexity index is 616. The van der Waals surface area contributed by atoms with Gasteiger partial charge in [0.15, 0.2) is 0 Å². The van der Waals surface area contributed by atoms with Gasteiger partial charge in [0.2, 0.25) is 0 Å². The number of aliphatic hydroxyl groups excluding tert-OH is 1. The maximum Gasteiger partial charge on any atom is 0.410 e. The molecule has 126 valence electrons. The standard InChI is InChI=1S/C17H23NO5/c1-16(2,3)23-15(20)18-9-17(10-18)8-13(19)12-6-5-11(21-4)7-14(12)22-17/h5-7,13,19H,8-10H2,1-4H3/t13-/m0/s1. The van der Waals surface area contributed by atoms with Crippen LogP contribution in [0.15, 0.2) is 18.2 Å². The summed E-state index contributed by atoms with van der Waals surface area (Å²) in [6, 6.07) is 5.39. The number of carbonyl (C=O) groups excluding carboxylic acids is 1. The zero-order chi connectivity index (χ0) is 16.8. The van der Waals surface area contributed by atoms with Crippen LogP contribution in [0.3, 0.4) is 0 Å². The minimum absolute atomic E-state index is 0.349. The zero-order valence-electron chi connectivity index (χ0n) is 14.0. The van der Waals surface area contributed by atoms with Gasteiger partial charge in [0.25, 0.3) is 0 Å². The van der Waals surface area contributed by atoms with Gasteiger partial charge in [-0.3, -0.25) is 0 Å². The summed E-state index contributed by atoms with van der Waals surface area (Å²) in [6.07, 6.45) is -0.492. The first-order valence-electron chi connectivity index (χ1n) is 7.74. The lowest BCUT2D eigenvalue weighted by Crippen LogP contribution is -2.68. The van der Waals surface area contributed by atoms with E-state index in [-0.39, 0.29) is 6.09 Å². The Kier molecular flexibility index (Phi) is 3.67. The zero-order valence-corrected chi connectivity index (χ0v) is 14.0. The molecule has 1 aromatic rings. The smallest absolute Gasteiger partial charge is 0.410 e. The number of nitrogens with zero attached hydrogens (tertiary/aromatic N) is 1. The van der Waals surface area contributed by atoms with Crippen molar-refractivity contribution < 1.29 is 24.1 Å². The molecule has 6 heteroatoms. The van der Waals surface area contributed by atoms with Gasteiger partial charge in [-0.1, -0.05) is 0 Å². The predicted molar refractivity (Wildman–Crippen MR) is 83.7 cm³/mol. The predicted octanol–water partition coefficient (Wildman–Crippen LogP) is 2.50. The highest BCUT2D eigenvalue weighted by molar-refractivity contribution is 5.70. The van der Waals surface area contributed by atoms with Crippen LogP contribution in [-0.4, -0.2) is 47.5 Å². The summed E-state index contributed by atoms with van der Waals surface area (Å²) >= 11 is 0. The Balaban J connectivity index is 1.71. The summed E-state index contributed by atoms with van der Waals surface area (Å²) in [5.74, 6) is 1.29. The number of benzene rings is 1. The Labute approximate surface area is 135 Å². The minimum Gasteiger partial charge on any atom is -0.497 e. The van der Waals surface area contributed by atoms with Crippen molar-refractivity contribution in [2.75, 3.05) is 20.2 Å². The first-order valence-corrected chi connectivity index (χ1v) is 7.74. The number of hydrogen-bond donors (Lipinski definition) is 1. The lowest BCUT2D eigenvalue weighted by Gasteiger charge is -2.52. The average Bonchev–Trinajstić information content (AvgIpc) is 2.41. The van der Waals surface area contributed by atoms with Crippen molar-refractivity contribution in [3.05, 3.63) is 23.8 Å². The number of fused-ring (bicyclic) bond motifs is 1. The first-order chi connectivity index (χ1) is 10.7. The second kappa shape index (κ2) is 5.30. The summed E-state index contributed by atoms with van der Waals surface area (Å²) in [7, 11) is 1.59. The van der Waals surface area contributed by atoms with E-state index in [9.17, 15) is 9.90 Å². The summed E-state index contributed by atoms with van der Waals surface area (Å²) in [4.78, 5) is 13.7. The van der Waals surface area contributed by atoms with E-state index in [1.807, 2.05) is 26.8 Å². The molecular weight excluding hydrogens is 298 g/mol. The lowest BCUT2D eigenvalue weighted by molar-refractivity contribution is -0.114. The van der Waals surface area contributed by atoms with Crippen LogP contribution in [-0.2, 0) is 4.74 Å². The first kappa shape index (κ1) is 15.9. The topological polar surface area (TPSA) is 68.2 Å². The van der Waals surface area contributed by atoms with Gasteiger partial charge in [0.05, 0.1) is 26.3 Å². The van der Waals surface area contributed by atoms with E-state index >= 15 is 0 Å². The molecule has 0 aliphatic carbocycles. The fourth-order valence-electron chi connectivity index (χ4n) is 3.04. The van der Waals surface area contributed by atoms with E-state index in [2.05, 4.69) is 0 Å². The number of rotatable bonds is 1. The van der Waals surface area contributed by atoms with Gasteiger partial charge in [-0.05, 0) is 32.9 Å². The van der Waals surface area contributed by atoms with Crippen molar-refractivity contribution in [1.29, 1.82) is 0 Å². The number of methoxy groups -OCH3 is 1. The third kappa shape index (κ3) is 3.08. The van der Waals surface area contributed by atoms with Gasteiger partial charge in [-0.2, -0.15) is 0 Å². The highest BCUT2D eigenvalue weighted by Crippen LogP contribution is 2.45. The molecule has 1 spiro atoms. The molecule has 1 aromatic carbocycles. The molecule has 23 heavy (non-hydrogen) atoms. The summed E-state index contributed by atoms with van der Waals surface area (Å²) in [5.41, 5.74) is -0.310. The normalized spacial score (nSPS) is 22.0. The van der Waals surface area contributed by atoms with Crippen LogP contribution < -0.4 is 9.47 Å². The third-order valence-electron chi connectivity index (χ3n) is 4.08. The van der Waals surface area contributed by atoms with E-state index in [0.717, 1.165) is 5.56 Å². The number of carbonyl (C=O) groups is 1. The van der Waals surface area contributed by atoms with Crippen LogP contribution in [0.4, 0.5) is 4.79 Å². The SMILES string of the molecule is COc1ccc2c(c1)OC1(C[C@@H]2O)CN(C(=O)OC(C)(C)C)C1. The van der Waals surface area contributed by atoms with Crippen LogP contribution in [0, 0.1) is 0 Å². The Morgan fingerprint density at radius 2 is 2.09 bits per heavy atom. The average molecular weight is 321 g/mol. The molecule has 0 radical (unpaired) electrons. The van der Waals surface area contributed by atoms with Crippen molar-refractivity contribution in [3.63, 3.8) is 0 Å². The third-order valence-corrected chi connectivity index (χ3v) is 4.08. The van der Waals surface area contributed by atoms with E-state index in [4.69, 9.17) is 14.2 Å². The number of amides is 1. The Hall–Kier alpha value is -1.95. The van der Waals surface area contributed by atoms with Gasteiger partial charge < -0.3 is 24.2 Å². The van der Waals surface area contributed by atoms with Crippen LogP contribution in [0.25, 0.3) is 0 Å². The number of likely N-dealkylation sites (tertiary alicyclic amines) is 1. The second-order valence-corrected chi connectivity index (χ2v) is 7.25. The van der Waals surface area contributed by atoms with Crippen LogP contribution in [0.1, 0.15) is 38.9 Å². The lowest BCUT2D eigenvalue weighted by atomic mass is 9.83. The highest BCUT2D eigenvalue weighted by atomic mass is 16.6. The quantitative estimate of drug-likeness (QED) is 0.861. The molecule has 1 amide bonds. The molecule has 1 atom stereocenters. The van der Waals surface area contributed by atoms with Gasteiger partial charge in [-0.25, -0.2) is 4.79 Å². The number of hydrogen-bond acceptors (Lipinski definition) is 5. The number of aliphatic hydroxyl groups is 1. The second-order valence-electron chi connectivity index (χ2n) is 7.25. The summed E-state index contributed by atoms with van der Waals surface area (Å²) in [6.45, 7) is 6.34. The van der Waals surface area contributed by atoms with Crippen molar-refractivity contribution in [3.8, 4) is 11.5 Å². The molecule has 6 nitrogen and oxygen atoms in total. The molecule has 2 heterocycles. The molecule has 0 bridgehead atoms. The monoisotopic (exact) mass is 321 g/mol. The van der Waals surface area contributed by atoms with Crippen LogP contribution in [0.2, 0.25) is 0 Å². The highest BCUT2D eigenvalue weighted by Gasteiger charge is 2.52. The molecule has 0 saturated carbocycles. The van der Waals surface area contributed by atoms with Crippen LogP contribution in [0.5, 0.6) is 11.5 Å². The Morgan fingerprint density at radius 1 is 1.39 bits per heavy atom.